The van der Waals surface area contributed by atoms with E-state index in [0.717, 1.165) is 40.1 Å². The number of ether oxygens (including phenoxy) is 3. The summed E-state index contributed by atoms with van der Waals surface area (Å²) >= 11 is 0. The van der Waals surface area contributed by atoms with E-state index < -0.39 is 0 Å². The minimum absolute atomic E-state index is 0.276. The first-order chi connectivity index (χ1) is 13.7. The van der Waals surface area contributed by atoms with Crippen LogP contribution >= 0.6 is 0 Å². The van der Waals surface area contributed by atoms with Crippen LogP contribution in [0.4, 0.5) is 17.3 Å². The topological polar surface area (TPSA) is 77.5 Å². The highest BCUT2D eigenvalue weighted by molar-refractivity contribution is 5.60. The molecule has 2 aromatic carbocycles. The SMILES string of the molecule is CCOc1ccc(Nc2cc(NCc3ccc4c(c3)OCO4)nc(C)n2)cc1. The lowest BCUT2D eigenvalue weighted by atomic mass is 10.2. The van der Waals surface area contributed by atoms with Crippen LogP contribution in [0.15, 0.2) is 48.5 Å². The summed E-state index contributed by atoms with van der Waals surface area (Å²) in [5.74, 6) is 4.56. The zero-order chi connectivity index (χ0) is 19.3. The lowest BCUT2D eigenvalue weighted by molar-refractivity contribution is 0.174. The number of rotatable bonds is 7. The van der Waals surface area contributed by atoms with Crippen molar-refractivity contribution < 1.29 is 14.2 Å². The predicted molar refractivity (Wildman–Crippen MR) is 108 cm³/mol. The van der Waals surface area contributed by atoms with Crippen LogP contribution in [0.3, 0.4) is 0 Å². The molecule has 0 spiro atoms. The predicted octanol–water partition coefficient (Wildman–Crippen LogP) is 4.27. The van der Waals surface area contributed by atoms with Gasteiger partial charge in [0.25, 0.3) is 0 Å². The Balaban J connectivity index is 1.43. The van der Waals surface area contributed by atoms with E-state index >= 15 is 0 Å². The van der Waals surface area contributed by atoms with Gasteiger partial charge in [-0.2, -0.15) is 0 Å². The highest BCUT2D eigenvalue weighted by Crippen LogP contribution is 2.32. The second-order valence-corrected chi connectivity index (χ2v) is 6.31. The molecule has 0 bridgehead atoms. The molecule has 0 amide bonds. The van der Waals surface area contributed by atoms with Gasteiger partial charge in [-0.05, 0) is 55.8 Å². The molecular formula is C21H22N4O3. The molecule has 1 aliphatic rings. The van der Waals surface area contributed by atoms with Crippen molar-refractivity contribution in [2.75, 3.05) is 24.0 Å². The fourth-order valence-corrected chi connectivity index (χ4v) is 2.91. The summed E-state index contributed by atoms with van der Waals surface area (Å²) in [6.45, 7) is 5.38. The first kappa shape index (κ1) is 17.9. The van der Waals surface area contributed by atoms with Gasteiger partial charge in [-0.1, -0.05) is 6.07 Å². The number of hydrogen-bond acceptors (Lipinski definition) is 7. The third-order valence-electron chi connectivity index (χ3n) is 4.19. The zero-order valence-corrected chi connectivity index (χ0v) is 15.9. The minimum Gasteiger partial charge on any atom is -0.494 e. The summed E-state index contributed by atoms with van der Waals surface area (Å²) in [7, 11) is 0. The molecule has 2 heterocycles. The molecule has 7 nitrogen and oxygen atoms in total. The Bertz CT molecular complexity index is 960. The number of aromatic nitrogens is 2. The fourth-order valence-electron chi connectivity index (χ4n) is 2.91. The quantitative estimate of drug-likeness (QED) is 0.636. The number of benzene rings is 2. The maximum Gasteiger partial charge on any atom is 0.231 e. The van der Waals surface area contributed by atoms with E-state index in [2.05, 4.69) is 20.6 Å². The van der Waals surface area contributed by atoms with E-state index in [-0.39, 0.29) is 6.79 Å². The van der Waals surface area contributed by atoms with Crippen molar-refractivity contribution >= 4 is 17.3 Å². The van der Waals surface area contributed by atoms with Gasteiger partial charge in [0.2, 0.25) is 6.79 Å². The maximum absolute atomic E-state index is 5.47. The van der Waals surface area contributed by atoms with Crippen LogP contribution < -0.4 is 24.8 Å². The van der Waals surface area contributed by atoms with Crippen LogP contribution in [0.1, 0.15) is 18.3 Å². The Labute approximate surface area is 163 Å². The van der Waals surface area contributed by atoms with Crippen molar-refractivity contribution in [3.63, 3.8) is 0 Å². The van der Waals surface area contributed by atoms with E-state index in [0.29, 0.717) is 19.0 Å². The summed E-state index contributed by atoms with van der Waals surface area (Å²) in [5, 5.41) is 6.64. The van der Waals surface area contributed by atoms with Crippen molar-refractivity contribution in [2.24, 2.45) is 0 Å². The monoisotopic (exact) mass is 378 g/mol. The smallest absolute Gasteiger partial charge is 0.231 e. The Kier molecular flexibility index (Phi) is 5.14. The van der Waals surface area contributed by atoms with Crippen LogP contribution in [0.5, 0.6) is 17.2 Å². The summed E-state index contributed by atoms with van der Waals surface area (Å²) in [6.07, 6.45) is 0. The number of aryl methyl sites for hydroxylation is 1. The van der Waals surface area contributed by atoms with E-state index in [1.54, 1.807) is 0 Å². The molecule has 7 heteroatoms. The number of fused-ring (bicyclic) bond motifs is 1. The summed E-state index contributed by atoms with van der Waals surface area (Å²) in [5.41, 5.74) is 2.02. The molecule has 2 N–H and O–H groups in total. The average molecular weight is 378 g/mol. The summed E-state index contributed by atoms with van der Waals surface area (Å²) in [4.78, 5) is 8.92. The van der Waals surface area contributed by atoms with Gasteiger partial charge < -0.3 is 24.8 Å². The molecule has 1 aromatic heterocycles. The molecule has 3 aromatic rings. The van der Waals surface area contributed by atoms with Crippen molar-refractivity contribution in [3.8, 4) is 17.2 Å². The molecule has 0 radical (unpaired) electrons. The molecule has 0 aliphatic carbocycles. The van der Waals surface area contributed by atoms with Gasteiger partial charge in [0.05, 0.1) is 6.61 Å². The molecule has 0 unspecified atom stereocenters. The molecule has 28 heavy (non-hydrogen) atoms. The molecule has 0 atom stereocenters. The third kappa shape index (κ3) is 4.25. The first-order valence-corrected chi connectivity index (χ1v) is 9.17. The van der Waals surface area contributed by atoms with Gasteiger partial charge >= 0.3 is 0 Å². The summed E-state index contributed by atoms with van der Waals surface area (Å²) < 4.78 is 16.2. The normalized spacial score (nSPS) is 11.9. The number of hydrogen-bond donors (Lipinski definition) is 2. The van der Waals surface area contributed by atoms with Crippen molar-refractivity contribution in [1.82, 2.24) is 9.97 Å². The van der Waals surface area contributed by atoms with Crippen LogP contribution in [0.2, 0.25) is 0 Å². The van der Waals surface area contributed by atoms with Gasteiger partial charge in [0.15, 0.2) is 11.5 Å². The maximum atomic E-state index is 5.47. The van der Waals surface area contributed by atoms with E-state index in [9.17, 15) is 0 Å². The highest BCUT2D eigenvalue weighted by Gasteiger charge is 2.13. The number of nitrogens with zero attached hydrogens (tertiary/aromatic N) is 2. The van der Waals surface area contributed by atoms with Crippen LogP contribution in [-0.4, -0.2) is 23.4 Å². The third-order valence-corrected chi connectivity index (χ3v) is 4.19. The zero-order valence-electron chi connectivity index (χ0n) is 15.9. The van der Waals surface area contributed by atoms with Crippen molar-refractivity contribution in [2.45, 2.75) is 20.4 Å². The molecule has 4 rings (SSSR count). The summed E-state index contributed by atoms with van der Waals surface area (Å²) in [6, 6.07) is 15.6. The van der Waals surface area contributed by atoms with Crippen molar-refractivity contribution in [1.29, 1.82) is 0 Å². The molecule has 1 aliphatic heterocycles. The highest BCUT2D eigenvalue weighted by atomic mass is 16.7. The van der Waals surface area contributed by atoms with Crippen LogP contribution in [-0.2, 0) is 6.54 Å². The van der Waals surface area contributed by atoms with Gasteiger partial charge in [0, 0.05) is 18.3 Å². The van der Waals surface area contributed by atoms with Crippen molar-refractivity contribution in [3.05, 3.63) is 59.9 Å². The number of nitrogens with one attached hydrogen (secondary N) is 2. The lowest BCUT2D eigenvalue weighted by Crippen LogP contribution is -2.05. The standard InChI is InChI=1S/C21H22N4O3/c1-3-26-17-7-5-16(6-8-17)25-21-11-20(23-14(2)24-21)22-12-15-4-9-18-19(10-15)28-13-27-18/h4-11H,3,12-13H2,1-2H3,(H2,22,23,24,25). The average Bonchev–Trinajstić information content (AvgIpc) is 3.16. The second-order valence-electron chi connectivity index (χ2n) is 6.31. The van der Waals surface area contributed by atoms with Crippen LogP contribution in [0.25, 0.3) is 0 Å². The Morgan fingerprint density at radius 2 is 1.75 bits per heavy atom. The fraction of sp³-hybridized carbons (Fsp3) is 0.238. The van der Waals surface area contributed by atoms with Gasteiger partial charge in [0.1, 0.15) is 23.2 Å². The Morgan fingerprint density at radius 3 is 2.57 bits per heavy atom. The van der Waals surface area contributed by atoms with Crippen LogP contribution in [0, 0.1) is 6.92 Å². The molecule has 144 valence electrons. The first-order valence-electron chi connectivity index (χ1n) is 9.17. The molecule has 0 saturated heterocycles. The molecule has 0 fully saturated rings. The van der Waals surface area contributed by atoms with E-state index in [4.69, 9.17) is 14.2 Å². The Morgan fingerprint density at radius 1 is 0.964 bits per heavy atom. The minimum atomic E-state index is 0.276. The largest absolute Gasteiger partial charge is 0.494 e. The van der Waals surface area contributed by atoms with Gasteiger partial charge in [-0.15, -0.1) is 0 Å². The van der Waals surface area contributed by atoms with Gasteiger partial charge in [-0.3, -0.25) is 0 Å². The van der Waals surface area contributed by atoms with Gasteiger partial charge in [-0.25, -0.2) is 9.97 Å². The Hall–Kier alpha value is -3.48. The molecular weight excluding hydrogens is 356 g/mol. The molecule has 0 saturated carbocycles. The number of anilines is 3. The lowest BCUT2D eigenvalue weighted by Gasteiger charge is -2.11. The van der Waals surface area contributed by atoms with E-state index in [1.807, 2.05) is 62.4 Å². The second kappa shape index (κ2) is 8.04. The van der Waals surface area contributed by atoms with E-state index in [1.165, 1.54) is 0 Å².